The van der Waals surface area contributed by atoms with Gasteiger partial charge in [-0.3, -0.25) is 0 Å². The Hall–Kier alpha value is -1.77. The Bertz CT molecular complexity index is 770. The van der Waals surface area contributed by atoms with Crippen LogP contribution in [-0.4, -0.2) is 0 Å². The van der Waals surface area contributed by atoms with Crippen molar-refractivity contribution in [3.63, 3.8) is 0 Å². The average Bonchev–Trinajstić information content (AvgIpc) is 2.46. The average molecular weight is 331 g/mol. The van der Waals surface area contributed by atoms with E-state index in [0.29, 0.717) is 11.5 Å². The van der Waals surface area contributed by atoms with Crippen LogP contribution in [0.15, 0.2) is 48.5 Å². The lowest BCUT2D eigenvalue weighted by molar-refractivity contribution is 0.309. The Labute approximate surface area is 137 Å². The van der Waals surface area contributed by atoms with Gasteiger partial charge in [-0.15, -0.1) is 0 Å². The highest BCUT2D eigenvalue weighted by atomic mass is 31.2. The zero-order chi connectivity index (χ0) is 16.7. The largest absolute Gasteiger partial charge is 0.513 e. The molecular weight excluding hydrogens is 309 g/mol. The zero-order valence-electron chi connectivity index (χ0n) is 13.9. The molecule has 23 heavy (non-hydrogen) atoms. The van der Waals surface area contributed by atoms with Crippen molar-refractivity contribution in [3.8, 4) is 11.5 Å². The van der Waals surface area contributed by atoms with Crippen LogP contribution in [0, 0.1) is 0 Å². The number of hydrogen-bond acceptors (Lipinski definition) is 3. The topological polar surface area (TPSA) is 47.6 Å². The van der Waals surface area contributed by atoms with Crippen LogP contribution in [0.25, 0.3) is 0 Å². The van der Waals surface area contributed by atoms with Crippen molar-refractivity contribution < 1.29 is 13.6 Å². The van der Waals surface area contributed by atoms with Gasteiger partial charge in [0, 0.05) is 5.56 Å². The molecule has 2 aromatic carbocycles. The summed E-state index contributed by atoms with van der Waals surface area (Å²) < 4.78 is 24.8. The summed E-state index contributed by atoms with van der Waals surface area (Å²) in [6.45, 7) is 8.09. The van der Waals surface area contributed by atoms with Gasteiger partial charge in [-0.05, 0) is 37.5 Å². The van der Waals surface area contributed by atoms with E-state index in [4.69, 9.17) is 9.05 Å². The van der Waals surface area contributed by atoms with E-state index in [2.05, 4.69) is 18.9 Å². The van der Waals surface area contributed by atoms with Crippen LogP contribution in [0.1, 0.15) is 44.7 Å². The fourth-order valence-corrected chi connectivity index (χ4v) is 4.61. The van der Waals surface area contributed by atoms with E-state index in [0.717, 1.165) is 11.1 Å². The molecule has 1 heterocycles. The molecule has 1 atom stereocenters. The summed E-state index contributed by atoms with van der Waals surface area (Å²) in [6, 6.07) is 15.2. The van der Waals surface area contributed by atoms with Crippen LogP contribution in [0.2, 0.25) is 0 Å². The number of para-hydroxylation sites is 2. The summed E-state index contributed by atoms with van der Waals surface area (Å²) in [4.78, 5) is 0. The predicted molar refractivity (Wildman–Crippen MR) is 92.0 cm³/mol. The van der Waals surface area contributed by atoms with Crippen LogP contribution >= 0.6 is 7.75 Å². The smallest absolute Gasteiger partial charge is 0.404 e. The van der Waals surface area contributed by atoms with Crippen molar-refractivity contribution in [2.75, 3.05) is 0 Å². The van der Waals surface area contributed by atoms with E-state index in [1.165, 1.54) is 0 Å². The van der Waals surface area contributed by atoms with Crippen molar-refractivity contribution >= 4 is 7.75 Å². The van der Waals surface area contributed by atoms with Gasteiger partial charge in [-0.2, -0.15) is 5.09 Å². The maximum absolute atomic E-state index is 13.2. The van der Waals surface area contributed by atoms with Crippen molar-refractivity contribution in [1.82, 2.24) is 5.09 Å². The van der Waals surface area contributed by atoms with Gasteiger partial charge in [0.25, 0.3) is 0 Å². The number of hydrogen-bond donors (Lipinski definition) is 1. The van der Waals surface area contributed by atoms with Crippen molar-refractivity contribution in [1.29, 1.82) is 0 Å². The first-order valence-corrected chi connectivity index (χ1v) is 9.32. The maximum atomic E-state index is 13.2. The summed E-state index contributed by atoms with van der Waals surface area (Å²) >= 11 is 0. The first-order valence-electron chi connectivity index (χ1n) is 7.78. The molecule has 3 rings (SSSR count). The normalized spacial score (nSPS) is 22.3. The molecule has 0 aliphatic carbocycles. The highest BCUT2D eigenvalue weighted by Crippen LogP contribution is 2.54. The van der Waals surface area contributed by atoms with Gasteiger partial charge in [-0.25, -0.2) is 4.57 Å². The number of nitrogens with one attached hydrogen (secondary N) is 1. The molecule has 2 aromatic rings. The minimum Gasteiger partial charge on any atom is -0.404 e. The molecule has 0 aromatic heterocycles. The first-order chi connectivity index (χ1) is 10.8. The molecule has 122 valence electrons. The molecule has 1 N–H and O–H groups in total. The van der Waals surface area contributed by atoms with Crippen LogP contribution in [-0.2, 0) is 10.1 Å². The minimum absolute atomic E-state index is 0.267. The molecule has 1 unspecified atom stereocenters. The Balaban J connectivity index is 1.97. The maximum Gasteiger partial charge on any atom is 0.513 e. The van der Waals surface area contributed by atoms with Crippen LogP contribution in [0.3, 0.4) is 0 Å². The second-order valence-corrected chi connectivity index (χ2v) is 8.19. The second kappa shape index (κ2) is 5.70. The minimum atomic E-state index is -3.51. The van der Waals surface area contributed by atoms with Gasteiger partial charge in [-0.1, -0.05) is 50.2 Å². The van der Waals surface area contributed by atoms with E-state index in [1.54, 1.807) is 0 Å². The molecule has 0 spiro atoms. The molecule has 0 bridgehead atoms. The van der Waals surface area contributed by atoms with Crippen LogP contribution in [0.4, 0.5) is 0 Å². The standard InChI is InChI=1S/C18H22NO3P/c1-13(2)14-9-5-7-11-16(14)21-23(20)19-18(3,4)15-10-6-8-12-17(15)22-23/h5-13H,1-4H3,(H,19,20). The van der Waals surface area contributed by atoms with Crippen molar-refractivity contribution in [2.45, 2.75) is 39.2 Å². The van der Waals surface area contributed by atoms with E-state index in [9.17, 15) is 4.57 Å². The van der Waals surface area contributed by atoms with Crippen LogP contribution < -0.4 is 14.1 Å². The van der Waals surface area contributed by atoms with Gasteiger partial charge in [0.2, 0.25) is 0 Å². The lowest BCUT2D eigenvalue weighted by atomic mass is 9.95. The van der Waals surface area contributed by atoms with Crippen LogP contribution in [0.5, 0.6) is 11.5 Å². The molecule has 4 nitrogen and oxygen atoms in total. The third-order valence-corrected chi connectivity index (χ3v) is 5.66. The van der Waals surface area contributed by atoms with Gasteiger partial charge in [0.05, 0.1) is 5.54 Å². The second-order valence-electron chi connectivity index (χ2n) is 6.61. The third kappa shape index (κ3) is 3.15. The number of benzene rings is 2. The fourth-order valence-electron chi connectivity index (χ4n) is 2.83. The highest BCUT2D eigenvalue weighted by molar-refractivity contribution is 7.52. The molecule has 1 aliphatic heterocycles. The summed E-state index contributed by atoms with van der Waals surface area (Å²) in [7, 11) is -3.51. The van der Waals surface area contributed by atoms with E-state index in [1.807, 2.05) is 62.4 Å². The van der Waals surface area contributed by atoms with Crippen molar-refractivity contribution in [3.05, 3.63) is 59.7 Å². The first kappa shape index (κ1) is 16.1. The predicted octanol–water partition coefficient (Wildman–Crippen LogP) is 5.21. The molecule has 0 fully saturated rings. The molecule has 0 amide bonds. The molecule has 0 saturated heterocycles. The molecule has 5 heteroatoms. The van der Waals surface area contributed by atoms with E-state index >= 15 is 0 Å². The van der Waals surface area contributed by atoms with Gasteiger partial charge in [0.15, 0.2) is 0 Å². The Morgan fingerprint density at radius 3 is 2.48 bits per heavy atom. The Morgan fingerprint density at radius 2 is 1.74 bits per heavy atom. The SMILES string of the molecule is CC(C)c1ccccc1OP1(=O)NC(C)(C)c2ccccc2O1. The lowest BCUT2D eigenvalue weighted by Gasteiger charge is -2.37. The Kier molecular flexibility index (Phi) is 3.99. The monoisotopic (exact) mass is 331 g/mol. The van der Waals surface area contributed by atoms with Crippen molar-refractivity contribution in [2.24, 2.45) is 0 Å². The van der Waals surface area contributed by atoms with Gasteiger partial charge < -0.3 is 9.05 Å². The summed E-state index contributed by atoms with van der Waals surface area (Å²) in [5.41, 5.74) is 1.47. The summed E-state index contributed by atoms with van der Waals surface area (Å²) in [5, 5.41) is 3.05. The third-order valence-electron chi connectivity index (χ3n) is 3.95. The van der Waals surface area contributed by atoms with E-state index in [-0.39, 0.29) is 5.92 Å². The number of fused-ring (bicyclic) bond motifs is 1. The van der Waals surface area contributed by atoms with Gasteiger partial charge in [0.1, 0.15) is 11.5 Å². The fraction of sp³-hybridized carbons (Fsp3) is 0.333. The number of rotatable bonds is 3. The molecule has 1 aliphatic rings. The van der Waals surface area contributed by atoms with Gasteiger partial charge >= 0.3 is 7.75 Å². The molecule has 0 saturated carbocycles. The molecule has 0 radical (unpaired) electrons. The van der Waals surface area contributed by atoms with E-state index < -0.39 is 13.3 Å². The summed E-state index contributed by atoms with van der Waals surface area (Å²) in [5.74, 6) is 1.46. The lowest BCUT2D eigenvalue weighted by Crippen LogP contribution is -2.40. The highest BCUT2D eigenvalue weighted by Gasteiger charge is 2.43. The summed E-state index contributed by atoms with van der Waals surface area (Å²) in [6.07, 6.45) is 0. The zero-order valence-corrected chi connectivity index (χ0v) is 14.8. The Morgan fingerprint density at radius 1 is 1.09 bits per heavy atom. The quantitative estimate of drug-likeness (QED) is 0.784. The molecular formula is C18H22NO3P.